The minimum atomic E-state index is -3.78. The van der Waals surface area contributed by atoms with Crippen molar-refractivity contribution in [2.45, 2.75) is 36.7 Å². The normalized spacial score (nSPS) is 18.9. The summed E-state index contributed by atoms with van der Waals surface area (Å²) in [4.78, 5) is 26.7. The molecule has 2 aliphatic rings. The van der Waals surface area contributed by atoms with Crippen molar-refractivity contribution < 1.29 is 17.9 Å². The molecule has 1 N–H and O–H groups in total. The second-order valence-corrected chi connectivity index (χ2v) is 11.0. The van der Waals surface area contributed by atoms with Crippen molar-refractivity contribution >= 4 is 37.5 Å². The van der Waals surface area contributed by atoms with E-state index in [2.05, 4.69) is 4.72 Å². The Morgan fingerprint density at radius 1 is 1.15 bits per heavy atom. The zero-order valence-electron chi connectivity index (χ0n) is 18.0. The zero-order valence-corrected chi connectivity index (χ0v) is 19.7. The van der Waals surface area contributed by atoms with Crippen LogP contribution in [-0.4, -0.2) is 50.1 Å². The van der Waals surface area contributed by atoms with E-state index in [0.29, 0.717) is 36.5 Å². The van der Waals surface area contributed by atoms with Crippen molar-refractivity contribution in [3.8, 4) is 0 Å². The molecule has 5 rings (SSSR count). The molecular weight excluding hydrogens is 462 g/mol. The number of hydrogen-bond donors (Lipinski definition) is 1. The van der Waals surface area contributed by atoms with Crippen LogP contribution in [0.1, 0.15) is 30.0 Å². The summed E-state index contributed by atoms with van der Waals surface area (Å²) in [7, 11) is -3.78. The molecule has 33 heavy (non-hydrogen) atoms. The Balaban J connectivity index is 1.40. The summed E-state index contributed by atoms with van der Waals surface area (Å²) in [6, 6.07) is 12.3. The van der Waals surface area contributed by atoms with Gasteiger partial charge in [-0.15, -0.1) is 0 Å². The topological polar surface area (TPSA) is 97.7 Å². The Morgan fingerprint density at radius 3 is 2.76 bits per heavy atom. The van der Waals surface area contributed by atoms with E-state index in [1.807, 2.05) is 24.3 Å². The van der Waals surface area contributed by atoms with E-state index in [4.69, 9.17) is 4.74 Å². The van der Waals surface area contributed by atoms with Crippen LogP contribution in [0.3, 0.4) is 0 Å². The third-order valence-electron chi connectivity index (χ3n) is 6.27. The summed E-state index contributed by atoms with van der Waals surface area (Å²) in [5.41, 5.74) is 2.76. The summed E-state index contributed by atoms with van der Waals surface area (Å²) in [6.07, 6.45) is 2.61. The van der Waals surface area contributed by atoms with Gasteiger partial charge in [0.1, 0.15) is 6.54 Å². The first-order chi connectivity index (χ1) is 15.9. The number of amides is 1. The molecule has 0 spiro atoms. The summed E-state index contributed by atoms with van der Waals surface area (Å²) in [5, 5.41) is 0. The van der Waals surface area contributed by atoms with Gasteiger partial charge in [-0.05, 0) is 48.6 Å². The highest BCUT2D eigenvalue weighted by atomic mass is 32.2. The first-order valence-corrected chi connectivity index (χ1v) is 13.3. The molecule has 1 aliphatic carbocycles. The first kappa shape index (κ1) is 22.3. The van der Waals surface area contributed by atoms with E-state index in [1.165, 1.54) is 22.3 Å². The predicted molar refractivity (Wildman–Crippen MR) is 126 cm³/mol. The number of aryl methyl sites for hydroxylation is 1. The number of morpholine rings is 1. The third kappa shape index (κ3) is 4.48. The van der Waals surface area contributed by atoms with E-state index in [0.717, 1.165) is 36.2 Å². The van der Waals surface area contributed by atoms with Crippen molar-refractivity contribution in [3.05, 3.63) is 63.3 Å². The number of hydrogen-bond acceptors (Lipinski definition) is 6. The Labute approximate surface area is 195 Å². The van der Waals surface area contributed by atoms with E-state index in [9.17, 15) is 18.0 Å². The second-order valence-electron chi connectivity index (χ2n) is 8.34. The molecule has 0 unspecified atom stereocenters. The van der Waals surface area contributed by atoms with Gasteiger partial charge in [-0.25, -0.2) is 13.1 Å². The smallest absolute Gasteiger partial charge is 0.308 e. The number of carbonyl (C=O) groups is 1. The first-order valence-electron chi connectivity index (χ1n) is 11.0. The molecule has 174 valence electrons. The SMILES string of the molecule is O=C(Cn1c(=O)sc2cc(S(=O)(=O)N[C@H]3CCCc4ccccc43)ccc21)N1CCOCC1. The number of thiazole rings is 1. The highest BCUT2D eigenvalue weighted by molar-refractivity contribution is 7.89. The Kier molecular flexibility index (Phi) is 6.09. The fraction of sp³-hybridized carbons (Fsp3) is 0.391. The lowest BCUT2D eigenvalue weighted by atomic mass is 9.88. The standard InChI is InChI=1S/C23H25N3O5S2/c27-22(25-10-12-31-13-11-25)15-26-20-9-8-17(14-21(20)32-23(26)28)33(29,30)24-19-7-3-5-16-4-1-2-6-18(16)19/h1-2,4,6,8-9,14,19,24H,3,5,7,10-13,15H2/t19-/m0/s1. The average molecular weight is 488 g/mol. The molecule has 1 saturated heterocycles. The Hall–Kier alpha value is -2.53. The number of ether oxygens (including phenoxy) is 1. The maximum Gasteiger partial charge on any atom is 0.308 e. The molecular formula is C23H25N3O5S2. The lowest BCUT2D eigenvalue weighted by molar-refractivity contribution is -0.135. The number of carbonyl (C=O) groups excluding carboxylic acids is 1. The highest BCUT2D eigenvalue weighted by Gasteiger charge is 2.26. The Morgan fingerprint density at radius 2 is 1.94 bits per heavy atom. The van der Waals surface area contributed by atoms with E-state index < -0.39 is 10.0 Å². The minimum absolute atomic E-state index is 0.0674. The van der Waals surface area contributed by atoms with Gasteiger partial charge >= 0.3 is 4.87 Å². The molecule has 0 saturated carbocycles. The molecule has 10 heteroatoms. The molecule has 2 heterocycles. The number of rotatable bonds is 5. The van der Waals surface area contributed by atoms with Crippen molar-refractivity contribution in [1.29, 1.82) is 0 Å². The van der Waals surface area contributed by atoms with Gasteiger partial charge in [0.05, 0.1) is 28.3 Å². The molecule has 2 aromatic carbocycles. The van der Waals surface area contributed by atoms with Crippen LogP contribution in [0.15, 0.2) is 52.2 Å². The summed E-state index contributed by atoms with van der Waals surface area (Å²) < 4.78 is 36.4. The van der Waals surface area contributed by atoms with Crippen LogP contribution in [0.5, 0.6) is 0 Å². The van der Waals surface area contributed by atoms with Crippen LogP contribution in [0.2, 0.25) is 0 Å². The van der Waals surface area contributed by atoms with Gasteiger partial charge in [-0.1, -0.05) is 35.6 Å². The average Bonchev–Trinajstić information content (AvgIpc) is 3.14. The van der Waals surface area contributed by atoms with Gasteiger partial charge in [-0.2, -0.15) is 0 Å². The van der Waals surface area contributed by atoms with E-state index >= 15 is 0 Å². The lowest BCUT2D eigenvalue weighted by Gasteiger charge is -2.27. The quantitative estimate of drug-likeness (QED) is 0.596. The maximum atomic E-state index is 13.2. The summed E-state index contributed by atoms with van der Waals surface area (Å²) in [5.74, 6) is -0.144. The van der Waals surface area contributed by atoms with Crippen LogP contribution >= 0.6 is 11.3 Å². The van der Waals surface area contributed by atoms with Gasteiger partial charge < -0.3 is 9.64 Å². The van der Waals surface area contributed by atoms with Gasteiger partial charge in [0, 0.05) is 19.1 Å². The lowest BCUT2D eigenvalue weighted by Crippen LogP contribution is -2.43. The van der Waals surface area contributed by atoms with Crippen LogP contribution in [0.4, 0.5) is 0 Å². The van der Waals surface area contributed by atoms with E-state index in [-0.39, 0.29) is 28.3 Å². The Bertz CT molecular complexity index is 1360. The highest BCUT2D eigenvalue weighted by Crippen LogP contribution is 2.31. The molecule has 0 bridgehead atoms. The van der Waals surface area contributed by atoms with Crippen molar-refractivity contribution in [2.75, 3.05) is 26.3 Å². The monoisotopic (exact) mass is 487 g/mol. The largest absolute Gasteiger partial charge is 0.378 e. The van der Waals surface area contributed by atoms with Crippen LogP contribution in [0.25, 0.3) is 10.2 Å². The van der Waals surface area contributed by atoms with Crippen LogP contribution in [-0.2, 0) is 32.5 Å². The minimum Gasteiger partial charge on any atom is -0.378 e. The number of aromatic nitrogens is 1. The number of nitrogens with zero attached hydrogens (tertiary/aromatic N) is 2. The number of fused-ring (bicyclic) bond motifs is 2. The molecule has 1 aliphatic heterocycles. The molecule has 3 aromatic rings. The van der Waals surface area contributed by atoms with Gasteiger partial charge in [-0.3, -0.25) is 14.2 Å². The van der Waals surface area contributed by atoms with E-state index in [1.54, 1.807) is 11.0 Å². The number of sulfonamides is 1. The molecule has 8 nitrogen and oxygen atoms in total. The van der Waals surface area contributed by atoms with Crippen molar-refractivity contribution in [3.63, 3.8) is 0 Å². The molecule has 1 fully saturated rings. The second kappa shape index (κ2) is 9.02. The molecule has 0 radical (unpaired) electrons. The van der Waals surface area contributed by atoms with Gasteiger partial charge in [0.15, 0.2) is 0 Å². The van der Waals surface area contributed by atoms with Gasteiger partial charge in [0.2, 0.25) is 15.9 Å². The van der Waals surface area contributed by atoms with Crippen molar-refractivity contribution in [1.82, 2.24) is 14.2 Å². The predicted octanol–water partition coefficient (Wildman–Crippen LogP) is 2.28. The maximum absolute atomic E-state index is 13.2. The fourth-order valence-corrected chi connectivity index (χ4v) is 6.82. The third-order valence-corrected chi connectivity index (χ3v) is 8.69. The molecule has 1 atom stereocenters. The summed E-state index contributed by atoms with van der Waals surface area (Å²) >= 11 is 0.952. The number of nitrogens with one attached hydrogen (secondary N) is 1. The number of benzene rings is 2. The summed E-state index contributed by atoms with van der Waals surface area (Å²) in [6.45, 7) is 1.93. The fourth-order valence-electron chi connectivity index (χ4n) is 4.54. The van der Waals surface area contributed by atoms with Crippen LogP contribution in [0, 0.1) is 0 Å². The zero-order chi connectivity index (χ0) is 23.0. The molecule has 1 amide bonds. The van der Waals surface area contributed by atoms with Crippen LogP contribution < -0.4 is 9.60 Å². The molecule has 1 aromatic heterocycles. The van der Waals surface area contributed by atoms with Gasteiger partial charge in [0.25, 0.3) is 0 Å². The van der Waals surface area contributed by atoms with Crippen molar-refractivity contribution in [2.24, 2.45) is 0 Å².